The maximum Gasteiger partial charge on any atom is 0.0419 e. The third-order valence-electron chi connectivity index (χ3n) is 4.93. The molecule has 0 atom stereocenters. The minimum Gasteiger partial charge on any atom is -0.384 e. The van der Waals surface area contributed by atoms with E-state index in [4.69, 9.17) is 0 Å². The molecule has 0 spiro atoms. The Balaban J connectivity index is 1.40. The summed E-state index contributed by atoms with van der Waals surface area (Å²) in [6.07, 6.45) is 3.79. The van der Waals surface area contributed by atoms with E-state index in [1.807, 2.05) is 11.3 Å². The smallest absolute Gasteiger partial charge is 0.0419 e. The molecule has 2 aromatic rings. The number of para-hydroxylation sites is 1. The fourth-order valence-corrected chi connectivity index (χ4v) is 4.46. The van der Waals surface area contributed by atoms with Gasteiger partial charge in [0.2, 0.25) is 0 Å². The number of piperidine rings is 1. The van der Waals surface area contributed by atoms with Crippen LogP contribution in [0.25, 0.3) is 0 Å². The zero-order chi connectivity index (χ0) is 14.1. The monoisotopic (exact) mass is 298 g/mol. The van der Waals surface area contributed by atoms with Crippen LogP contribution in [0.4, 0.5) is 5.69 Å². The van der Waals surface area contributed by atoms with E-state index in [1.165, 1.54) is 49.2 Å². The van der Waals surface area contributed by atoms with Crippen LogP contribution in [-0.2, 0) is 13.0 Å². The molecule has 21 heavy (non-hydrogen) atoms. The van der Waals surface area contributed by atoms with Gasteiger partial charge in [0.15, 0.2) is 0 Å². The van der Waals surface area contributed by atoms with Crippen LogP contribution in [0.3, 0.4) is 0 Å². The highest BCUT2D eigenvalue weighted by Gasteiger charge is 2.22. The first-order valence-corrected chi connectivity index (χ1v) is 8.93. The number of nitrogens with zero attached hydrogens (tertiary/aromatic N) is 1. The lowest BCUT2D eigenvalue weighted by molar-refractivity contribution is 0.205. The van der Waals surface area contributed by atoms with Gasteiger partial charge in [0, 0.05) is 18.8 Å². The first kappa shape index (κ1) is 13.4. The number of fused-ring (bicyclic) bond motifs is 1. The summed E-state index contributed by atoms with van der Waals surface area (Å²) in [7, 11) is 0. The van der Waals surface area contributed by atoms with Crippen LogP contribution in [0.5, 0.6) is 0 Å². The van der Waals surface area contributed by atoms with Crippen molar-refractivity contribution in [3.05, 3.63) is 51.7 Å². The fourth-order valence-electron chi connectivity index (χ4n) is 3.72. The fraction of sp³-hybridized carbons (Fsp3) is 0.444. The molecule has 1 saturated heterocycles. The van der Waals surface area contributed by atoms with Crippen LogP contribution < -0.4 is 5.32 Å². The Morgan fingerprint density at radius 2 is 2.10 bits per heavy atom. The first-order chi connectivity index (χ1) is 10.4. The van der Waals surface area contributed by atoms with Crippen LogP contribution in [0, 0.1) is 0 Å². The van der Waals surface area contributed by atoms with Crippen molar-refractivity contribution in [3.8, 4) is 0 Å². The van der Waals surface area contributed by atoms with E-state index in [2.05, 4.69) is 45.2 Å². The van der Waals surface area contributed by atoms with E-state index >= 15 is 0 Å². The lowest BCUT2D eigenvalue weighted by Crippen LogP contribution is -2.32. The number of hydrogen-bond acceptors (Lipinski definition) is 3. The summed E-state index contributed by atoms with van der Waals surface area (Å²) in [6.45, 7) is 4.66. The molecule has 0 unspecified atom stereocenters. The molecule has 2 aliphatic rings. The Labute approximate surface area is 130 Å². The molecular formula is C18H22N2S. The maximum absolute atomic E-state index is 3.56. The van der Waals surface area contributed by atoms with Crippen molar-refractivity contribution >= 4 is 17.0 Å². The lowest BCUT2D eigenvalue weighted by Gasteiger charge is -2.32. The summed E-state index contributed by atoms with van der Waals surface area (Å²) in [5, 5.41) is 8.10. The molecule has 2 aliphatic heterocycles. The molecule has 0 saturated carbocycles. The molecular weight excluding hydrogens is 276 g/mol. The molecule has 2 nitrogen and oxygen atoms in total. The van der Waals surface area contributed by atoms with E-state index in [0.717, 1.165) is 19.0 Å². The molecule has 4 rings (SSSR count). The normalized spacial score (nSPS) is 19.4. The van der Waals surface area contributed by atoms with Gasteiger partial charge in [-0.15, -0.1) is 0 Å². The van der Waals surface area contributed by atoms with Gasteiger partial charge in [-0.3, -0.25) is 4.90 Å². The number of rotatable bonds is 3. The summed E-state index contributed by atoms with van der Waals surface area (Å²) in [5.41, 5.74) is 5.96. The summed E-state index contributed by atoms with van der Waals surface area (Å²) in [5.74, 6) is 0.784. The Morgan fingerprint density at radius 3 is 2.90 bits per heavy atom. The highest BCUT2D eigenvalue weighted by atomic mass is 32.1. The molecule has 3 heteroatoms. The molecule has 110 valence electrons. The molecule has 0 bridgehead atoms. The topological polar surface area (TPSA) is 15.3 Å². The number of anilines is 1. The summed E-state index contributed by atoms with van der Waals surface area (Å²) in [4.78, 5) is 2.62. The quantitative estimate of drug-likeness (QED) is 0.918. The van der Waals surface area contributed by atoms with Crippen molar-refractivity contribution in [2.45, 2.75) is 31.7 Å². The molecule has 1 aromatic heterocycles. The van der Waals surface area contributed by atoms with Crippen LogP contribution >= 0.6 is 11.3 Å². The average Bonchev–Trinajstić information content (AvgIpc) is 3.20. The predicted molar refractivity (Wildman–Crippen MR) is 90.2 cm³/mol. The van der Waals surface area contributed by atoms with Gasteiger partial charge in [-0.1, -0.05) is 18.2 Å². The van der Waals surface area contributed by atoms with Gasteiger partial charge in [-0.25, -0.2) is 0 Å². The van der Waals surface area contributed by atoms with Crippen molar-refractivity contribution in [2.24, 2.45) is 0 Å². The molecule has 3 heterocycles. The highest BCUT2D eigenvalue weighted by Crippen LogP contribution is 2.32. The second-order valence-corrected chi connectivity index (χ2v) is 7.02. The predicted octanol–water partition coefficient (Wildman–Crippen LogP) is 4.10. The van der Waals surface area contributed by atoms with Crippen LogP contribution in [0.15, 0.2) is 35.0 Å². The van der Waals surface area contributed by atoms with Crippen molar-refractivity contribution in [1.29, 1.82) is 0 Å². The van der Waals surface area contributed by atoms with Gasteiger partial charge in [-0.05, 0) is 71.8 Å². The SMILES string of the molecule is c1cc2c(c(CN3CCC(c4ccsc4)CC3)c1)NCC2. The second-order valence-electron chi connectivity index (χ2n) is 6.24. The Kier molecular flexibility index (Phi) is 3.70. The number of hydrogen-bond donors (Lipinski definition) is 1. The third-order valence-corrected chi connectivity index (χ3v) is 5.63. The van der Waals surface area contributed by atoms with E-state index in [-0.39, 0.29) is 0 Å². The van der Waals surface area contributed by atoms with Crippen LogP contribution in [0.2, 0.25) is 0 Å². The van der Waals surface area contributed by atoms with Crippen molar-refractivity contribution < 1.29 is 0 Å². The zero-order valence-corrected chi connectivity index (χ0v) is 13.2. The Morgan fingerprint density at radius 1 is 1.19 bits per heavy atom. The van der Waals surface area contributed by atoms with Crippen molar-refractivity contribution in [1.82, 2.24) is 4.90 Å². The minimum atomic E-state index is 0.784. The average molecular weight is 298 g/mol. The number of nitrogens with one attached hydrogen (secondary N) is 1. The van der Waals surface area contributed by atoms with Gasteiger partial charge >= 0.3 is 0 Å². The molecule has 1 aromatic carbocycles. The van der Waals surface area contributed by atoms with E-state index in [9.17, 15) is 0 Å². The van der Waals surface area contributed by atoms with Gasteiger partial charge in [-0.2, -0.15) is 11.3 Å². The first-order valence-electron chi connectivity index (χ1n) is 7.99. The van der Waals surface area contributed by atoms with E-state index in [0.29, 0.717) is 0 Å². The summed E-state index contributed by atoms with van der Waals surface area (Å²) in [6, 6.07) is 9.09. The Hall–Kier alpha value is -1.32. The van der Waals surface area contributed by atoms with Gasteiger partial charge in [0.25, 0.3) is 0 Å². The van der Waals surface area contributed by atoms with Gasteiger partial charge in [0.1, 0.15) is 0 Å². The maximum atomic E-state index is 3.56. The van der Waals surface area contributed by atoms with Crippen molar-refractivity contribution in [2.75, 3.05) is 25.0 Å². The number of benzene rings is 1. The third kappa shape index (κ3) is 2.72. The molecule has 0 radical (unpaired) electrons. The molecule has 1 fully saturated rings. The Bertz CT molecular complexity index is 598. The van der Waals surface area contributed by atoms with Crippen LogP contribution in [-0.4, -0.2) is 24.5 Å². The second kappa shape index (κ2) is 5.82. The summed E-state index contributed by atoms with van der Waals surface area (Å²) < 4.78 is 0. The van der Waals surface area contributed by atoms with Gasteiger partial charge in [0.05, 0.1) is 0 Å². The molecule has 1 N–H and O–H groups in total. The highest BCUT2D eigenvalue weighted by molar-refractivity contribution is 7.07. The summed E-state index contributed by atoms with van der Waals surface area (Å²) >= 11 is 1.83. The minimum absolute atomic E-state index is 0.784. The molecule has 0 amide bonds. The number of likely N-dealkylation sites (tertiary alicyclic amines) is 1. The number of thiophene rings is 1. The lowest BCUT2D eigenvalue weighted by atomic mass is 9.91. The van der Waals surface area contributed by atoms with Crippen LogP contribution in [0.1, 0.15) is 35.4 Å². The standard InChI is InChI=1S/C18H22N2S/c1-2-15-4-8-19-18(15)16(3-1)12-20-9-5-14(6-10-20)17-7-11-21-13-17/h1-3,7,11,13-14,19H,4-6,8-10,12H2. The van der Waals surface area contributed by atoms with Gasteiger partial charge < -0.3 is 5.32 Å². The van der Waals surface area contributed by atoms with Crippen molar-refractivity contribution in [3.63, 3.8) is 0 Å². The molecule has 0 aliphatic carbocycles. The van der Waals surface area contributed by atoms with E-state index < -0.39 is 0 Å². The zero-order valence-electron chi connectivity index (χ0n) is 12.3. The largest absolute Gasteiger partial charge is 0.384 e. The van der Waals surface area contributed by atoms with E-state index in [1.54, 1.807) is 5.56 Å².